The van der Waals surface area contributed by atoms with Crippen molar-refractivity contribution in [2.45, 2.75) is 19.5 Å². The standard InChI is InChI=1S/C15H14ClF3N2O2/c1-2-5-23-13-4-3-9(15(17,18)19)6-11(13)21-14(22)12-7-10(16)8-20-12/h3-4,6-8,20H,2,5H2,1H3,(H,21,22). The van der Waals surface area contributed by atoms with Crippen LogP contribution >= 0.6 is 11.6 Å². The van der Waals surface area contributed by atoms with Gasteiger partial charge in [-0.1, -0.05) is 18.5 Å². The predicted molar refractivity (Wildman–Crippen MR) is 81.0 cm³/mol. The number of ether oxygens (including phenoxy) is 1. The molecule has 124 valence electrons. The number of benzene rings is 1. The van der Waals surface area contributed by atoms with E-state index in [0.29, 0.717) is 18.1 Å². The van der Waals surface area contributed by atoms with Crippen molar-refractivity contribution in [3.05, 3.63) is 46.7 Å². The Morgan fingerprint density at radius 1 is 1.35 bits per heavy atom. The summed E-state index contributed by atoms with van der Waals surface area (Å²) in [6.45, 7) is 2.19. The number of hydrogen-bond donors (Lipinski definition) is 2. The number of anilines is 1. The minimum atomic E-state index is -4.52. The maximum absolute atomic E-state index is 12.8. The van der Waals surface area contributed by atoms with Gasteiger partial charge in [0.25, 0.3) is 5.91 Å². The summed E-state index contributed by atoms with van der Waals surface area (Å²) in [4.78, 5) is 14.7. The van der Waals surface area contributed by atoms with Crippen molar-refractivity contribution in [1.82, 2.24) is 4.98 Å². The van der Waals surface area contributed by atoms with Crippen molar-refractivity contribution in [3.8, 4) is 5.75 Å². The van der Waals surface area contributed by atoms with Crippen LogP contribution in [0.5, 0.6) is 5.75 Å². The van der Waals surface area contributed by atoms with Crippen LogP contribution < -0.4 is 10.1 Å². The SMILES string of the molecule is CCCOc1ccc(C(F)(F)F)cc1NC(=O)c1cc(Cl)c[nH]1. The van der Waals surface area contributed by atoms with Gasteiger partial charge in [-0.15, -0.1) is 0 Å². The molecule has 1 aromatic carbocycles. The number of carbonyl (C=O) groups excluding carboxylic acids is 1. The van der Waals surface area contributed by atoms with Gasteiger partial charge < -0.3 is 15.0 Å². The predicted octanol–water partition coefficient (Wildman–Crippen LogP) is 4.73. The number of halogens is 4. The number of H-pyrrole nitrogens is 1. The molecule has 0 radical (unpaired) electrons. The van der Waals surface area contributed by atoms with E-state index in [9.17, 15) is 18.0 Å². The molecule has 0 bridgehead atoms. The largest absolute Gasteiger partial charge is 0.491 e. The number of rotatable bonds is 5. The highest BCUT2D eigenvalue weighted by Crippen LogP contribution is 2.35. The van der Waals surface area contributed by atoms with E-state index in [1.54, 1.807) is 0 Å². The lowest BCUT2D eigenvalue weighted by Gasteiger charge is -2.14. The lowest BCUT2D eigenvalue weighted by Crippen LogP contribution is -2.15. The van der Waals surface area contributed by atoms with Crippen molar-refractivity contribution in [2.24, 2.45) is 0 Å². The molecule has 2 rings (SSSR count). The molecule has 1 amide bonds. The van der Waals surface area contributed by atoms with E-state index in [4.69, 9.17) is 16.3 Å². The monoisotopic (exact) mass is 346 g/mol. The summed E-state index contributed by atoms with van der Waals surface area (Å²) in [5.74, 6) is -0.441. The molecule has 0 fully saturated rings. The Bertz CT molecular complexity index is 698. The van der Waals surface area contributed by atoms with Gasteiger partial charge in [-0.25, -0.2) is 0 Å². The van der Waals surface area contributed by atoms with E-state index in [2.05, 4.69) is 10.3 Å². The van der Waals surface area contributed by atoms with Gasteiger partial charge in [0.15, 0.2) is 0 Å². The quantitative estimate of drug-likeness (QED) is 0.822. The number of nitrogens with one attached hydrogen (secondary N) is 2. The van der Waals surface area contributed by atoms with Crippen molar-refractivity contribution >= 4 is 23.2 Å². The van der Waals surface area contributed by atoms with E-state index in [1.165, 1.54) is 18.3 Å². The summed E-state index contributed by atoms with van der Waals surface area (Å²) in [6.07, 6.45) is -2.43. The van der Waals surface area contributed by atoms with Gasteiger partial charge in [-0.2, -0.15) is 13.2 Å². The summed E-state index contributed by atoms with van der Waals surface area (Å²) in [5, 5.41) is 2.73. The second-order valence-corrected chi connectivity index (χ2v) is 5.18. The summed E-state index contributed by atoms with van der Waals surface area (Å²) < 4.78 is 43.9. The van der Waals surface area contributed by atoms with Crippen molar-refractivity contribution in [1.29, 1.82) is 0 Å². The van der Waals surface area contributed by atoms with Gasteiger partial charge in [0, 0.05) is 6.20 Å². The summed E-state index contributed by atoms with van der Waals surface area (Å²) in [7, 11) is 0. The third-order valence-electron chi connectivity index (χ3n) is 2.91. The molecule has 0 saturated heterocycles. The molecule has 4 nitrogen and oxygen atoms in total. The lowest BCUT2D eigenvalue weighted by atomic mass is 10.1. The highest BCUT2D eigenvalue weighted by atomic mass is 35.5. The lowest BCUT2D eigenvalue weighted by molar-refractivity contribution is -0.137. The van der Waals surface area contributed by atoms with Gasteiger partial charge in [0.2, 0.25) is 0 Å². The first kappa shape index (κ1) is 17.2. The first-order valence-corrected chi connectivity index (χ1v) is 7.18. The summed E-state index contributed by atoms with van der Waals surface area (Å²) in [5.41, 5.74) is -0.793. The van der Waals surface area contributed by atoms with Gasteiger partial charge >= 0.3 is 6.18 Å². The fourth-order valence-electron chi connectivity index (χ4n) is 1.83. The Labute approximate surface area is 135 Å². The average molecular weight is 347 g/mol. The minimum Gasteiger partial charge on any atom is -0.491 e. The normalized spacial score (nSPS) is 11.3. The zero-order valence-corrected chi connectivity index (χ0v) is 12.9. The molecule has 1 aromatic heterocycles. The first-order valence-electron chi connectivity index (χ1n) is 6.80. The summed E-state index contributed by atoms with van der Waals surface area (Å²) in [6, 6.07) is 4.31. The topological polar surface area (TPSA) is 54.1 Å². The molecule has 0 atom stereocenters. The molecule has 2 aromatic rings. The number of amides is 1. The zero-order valence-electron chi connectivity index (χ0n) is 12.1. The third kappa shape index (κ3) is 4.41. The van der Waals surface area contributed by atoms with E-state index in [-0.39, 0.29) is 17.1 Å². The van der Waals surface area contributed by atoms with E-state index >= 15 is 0 Å². The minimum absolute atomic E-state index is 0.0519. The van der Waals surface area contributed by atoms with Crippen LogP contribution in [0.25, 0.3) is 0 Å². The molecule has 0 aliphatic heterocycles. The first-order chi connectivity index (χ1) is 10.8. The van der Waals surface area contributed by atoms with Crippen LogP contribution in [-0.2, 0) is 6.18 Å². The van der Waals surface area contributed by atoms with Crippen molar-refractivity contribution < 1.29 is 22.7 Å². The van der Waals surface area contributed by atoms with Gasteiger partial charge in [-0.05, 0) is 30.7 Å². The van der Waals surface area contributed by atoms with Crippen LogP contribution in [0.3, 0.4) is 0 Å². The maximum Gasteiger partial charge on any atom is 0.416 e. The molecule has 0 spiro atoms. The van der Waals surface area contributed by atoms with Crippen LogP contribution in [0.4, 0.5) is 18.9 Å². The van der Waals surface area contributed by atoms with Crippen molar-refractivity contribution in [2.75, 3.05) is 11.9 Å². The van der Waals surface area contributed by atoms with Crippen LogP contribution in [0, 0.1) is 0 Å². The van der Waals surface area contributed by atoms with E-state index in [0.717, 1.165) is 12.1 Å². The van der Waals surface area contributed by atoms with Gasteiger partial charge in [0.1, 0.15) is 11.4 Å². The van der Waals surface area contributed by atoms with E-state index < -0.39 is 17.6 Å². The highest BCUT2D eigenvalue weighted by molar-refractivity contribution is 6.31. The number of hydrogen-bond acceptors (Lipinski definition) is 2. The molecule has 1 heterocycles. The Morgan fingerprint density at radius 3 is 2.65 bits per heavy atom. The second kappa shape index (κ2) is 6.95. The van der Waals surface area contributed by atoms with E-state index in [1.807, 2.05) is 6.92 Å². The number of aromatic nitrogens is 1. The Kier molecular flexibility index (Phi) is 5.20. The maximum atomic E-state index is 12.8. The molecule has 0 saturated carbocycles. The van der Waals surface area contributed by atoms with Crippen LogP contribution in [0.2, 0.25) is 5.02 Å². The fraction of sp³-hybridized carbons (Fsp3) is 0.267. The molecule has 0 aliphatic rings. The average Bonchev–Trinajstić information content (AvgIpc) is 2.91. The molecule has 2 N–H and O–H groups in total. The smallest absolute Gasteiger partial charge is 0.416 e. The molecule has 0 aliphatic carbocycles. The second-order valence-electron chi connectivity index (χ2n) is 4.74. The number of aromatic amines is 1. The van der Waals surface area contributed by atoms with Gasteiger partial charge in [0.05, 0.1) is 22.9 Å². The fourth-order valence-corrected chi connectivity index (χ4v) is 1.99. The van der Waals surface area contributed by atoms with Crippen LogP contribution in [0.1, 0.15) is 29.4 Å². The molecule has 23 heavy (non-hydrogen) atoms. The molecule has 8 heteroatoms. The summed E-state index contributed by atoms with van der Waals surface area (Å²) >= 11 is 5.71. The molecular formula is C15H14ClF3N2O2. The van der Waals surface area contributed by atoms with Crippen LogP contribution in [0.15, 0.2) is 30.5 Å². The van der Waals surface area contributed by atoms with Crippen molar-refractivity contribution in [3.63, 3.8) is 0 Å². The number of carbonyl (C=O) groups is 1. The van der Waals surface area contributed by atoms with Crippen LogP contribution in [-0.4, -0.2) is 17.5 Å². The Morgan fingerprint density at radius 2 is 2.09 bits per heavy atom. The zero-order chi connectivity index (χ0) is 17.0. The Hall–Kier alpha value is -2.15. The molecule has 0 unspecified atom stereocenters. The third-order valence-corrected chi connectivity index (χ3v) is 3.13. The van der Waals surface area contributed by atoms with Gasteiger partial charge in [-0.3, -0.25) is 4.79 Å². The Balaban J connectivity index is 2.30. The highest BCUT2D eigenvalue weighted by Gasteiger charge is 2.31. The molecular weight excluding hydrogens is 333 g/mol. The number of alkyl halides is 3.